The summed E-state index contributed by atoms with van der Waals surface area (Å²) in [7, 11) is 0. The van der Waals surface area contributed by atoms with Gasteiger partial charge in [-0.15, -0.1) is 0 Å². The van der Waals surface area contributed by atoms with Gasteiger partial charge in [-0.05, 0) is 23.1 Å². The molecule has 3 aromatic rings. The number of aromatic nitrogens is 1. The molecule has 1 aromatic heterocycles. The van der Waals surface area contributed by atoms with Gasteiger partial charge in [0.15, 0.2) is 5.84 Å². The predicted molar refractivity (Wildman–Crippen MR) is 80.0 cm³/mol. The lowest BCUT2D eigenvalue weighted by molar-refractivity contribution is 0.318. The Labute approximate surface area is 116 Å². The molecule has 4 nitrogen and oxygen atoms in total. The SMILES string of the molecule is N/C(=N/O)c1ccc2ccn(Cc3ccccc3)c2c1. The molecule has 0 spiro atoms. The molecule has 4 heteroatoms. The van der Waals surface area contributed by atoms with Crippen LogP contribution in [-0.4, -0.2) is 15.6 Å². The molecule has 0 aliphatic rings. The van der Waals surface area contributed by atoms with Gasteiger partial charge in [0.2, 0.25) is 0 Å². The maximum Gasteiger partial charge on any atom is 0.170 e. The van der Waals surface area contributed by atoms with Crippen LogP contribution >= 0.6 is 0 Å². The van der Waals surface area contributed by atoms with Crippen LogP contribution in [0.5, 0.6) is 0 Å². The summed E-state index contributed by atoms with van der Waals surface area (Å²) in [5, 5.41) is 13.0. The lowest BCUT2D eigenvalue weighted by Crippen LogP contribution is -2.13. The molecular formula is C16H15N3O. The summed E-state index contributed by atoms with van der Waals surface area (Å²) < 4.78 is 2.15. The standard InChI is InChI=1S/C16H15N3O/c17-16(18-20)14-7-6-13-8-9-19(15(13)10-14)11-12-4-2-1-3-5-12/h1-10,20H,11H2,(H2,17,18). The fourth-order valence-electron chi connectivity index (χ4n) is 2.32. The third-order valence-electron chi connectivity index (χ3n) is 3.37. The van der Waals surface area contributed by atoms with Gasteiger partial charge in [-0.3, -0.25) is 0 Å². The van der Waals surface area contributed by atoms with Gasteiger partial charge < -0.3 is 15.5 Å². The first-order valence-corrected chi connectivity index (χ1v) is 6.38. The summed E-state index contributed by atoms with van der Waals surface area (Å²) in [5.74, 6) is 0.124. The van der Waals surface area contributed by atoms with Gasteiger partial charge in [0.05, 0.1) is 0 Å². The first-order valence-electron chi connectivity index (χ1n) is 6.38. The molecule has 0 saturated heterocycles. The van der Waals surface area contributed by atoms with Crippen molar-refractivity contribution < 1.29 is 5.21 Å². The number of oxime groups is 1. The van der Waals surface area contributed by atoms with E-state index in [-0.39, 0.29) is 5.84 Å². The van der Waals surface area contributed by atoms with E-state index in [4.69, 9.17) is 10.9 Å². The Morgan fingerprint density at radius 2 is 1.90 bits per heavy atom. The molecule has 3 N–H and O–H groups in total. The Hall–Kier alpha value is -2.75. The zero-order valence-electron chi connectivity index (χ0n) is 10.9. The van der Waals surface area contributed by atoms with Crippen molar-refractivity contribution in [2.24, 2.45) is 10.9 Å². The van der Waals surface area contributed by atoms with E-state index in [1.165, 1.54) is 5.56 Å². The molecule has 0 unspecified atom stereocenters. The van der Waals surface area contributed by atoms with Gasteiger partial charge in [-0.1, -0.05) is 47.6 Å². The van der Waals surface area contributed by atoms with Gasteiger partial charge in [-0.2, -0.15) is 0 Å². The Kier molecular flexibility index (Phi) is 3.13. The normalized spacial score (nSPS) is 11.9. The molecule has 0 saturated carbocycles. The molecule has 0 fully saturated rings. The highest BCUT2D eigenvalue weighted by Gasteiger charge is 2.05. The van der Waals surface area contributed by atoms with E-state index in [0.717, 1.165) is 17.4 Å². The Morgan fingerprint density at radius 3 is 2.65 bits per heavy atom. The Morgan fingerprint density at radius 1 is 1.10 bits per heavy atom. The van der Waals surface area contributed by atoms with Crippen LogP contribution in [0.15, 0.2) is 65.9 Å². The average Bonchev–Trinajstić information content (AvgIpc) is 2.90. The number of amidine groups is 1. The lowest BCUT2D eigenvalue weighted by Gasteiger charge is -2.07. The Balaban J connectivity index is 2.03. The number of nitrogens with two attached hydrogens (primary N) is 1. The fraction of sp³-hybridized carbons (Fsp3) is 0.0625. The number of nitrogens with zero attached hydrogens (tertiary/aromatic N) is 2. The van der Waals surface area contributed by atoms with Crippen LogP contribution < -0.4 is 5.73 Å². The van der Waals surface area contributed by atoms with Crippen LogP contribution in [0.2, 0.25) is 0 Å². The summed E-state index contributed by atoms with van der Waals surface area (Å²) in [6, 6.07) is 18.1. The van der Waals surface area contributed by atoms with Crippen LogP contribution in [0.1, 0.15) is 11.1 Å². The van der Waals surface area contributed by atoms with Crippen molar-refractivity contribution in [1.29, 1.82) is 0 Å². The van der Waals surface area contributed by atoms with Gasteiger partial charge >= 0.3 is 0 Å². The third kappa shape index (κ3) is 2.23. The smallest absolute Gasteiger partial charge is 0.170 e. The molecule has 2 aromatic carbocycles. The predicted octanol–water partition coefficient (Wildman–Crippen LogP) is 2.78. The van der Waals surface area contributed by atoms with Crippen molar-refractivity contribution in [1.82, 2.24) is 4.57 Å². The van der Waals surface area contributed by atoms with E-state index in [9.17, 15) is 0 Å². The second kappa shape index (κ2) is 5.09. The van der Waals surface area contributed by atoms with Crippen LogP contribution in [0.25, 0.3) is 10.9 Å². The van der Waals surface area contributed by atoms with Crippen molar-refractivity contribution in [3.8, 4) is 0 Å². The van der Waals surface area contributed by atoms with E-state index in [1.807, 2.05) is 42.6 Å². The van der Waals surface area contributed by atoms with Crippen LogP contribution in [-0.2, 0) is 6.54 Å². The fourth-order valence-corrected chi connectivity index (χ4v) is 2.32. The summed E-state index contributed by atoms with van der Waals surface area (Å²) in [6.07, 6.45) is 2.05. The first-order chi connectivity index (χ1) is 9.78. The highest BCUT2D eigenvalue weighted by atomic mass is 16.4. The minimum Gasteiger partial charge on any atom is -0.409 e. The molecule has 0 amide bonds. The average molecular weight is 265 g/mol. The molecule has 0 aliphatic carbocycles. The summed E-state index contributed by atoms with van der Waals surface area (Å²) in [6.45, 7) is 0.796. The highest BCUT2D eigenvalue weighted by molar-refractivity contribution is 6.00. The quantitative estimate of drug-likeness (QED) is 0.331. The van der Waals surface area contributed by atoms with E-state index in [1.54, 1.807) is 0 Å². The second-order valence-electron chi connectivity index (χ2n) is 4.69. The largest absolute Gasteiger partial charge is 0.409 e. The van der Waals surface area contributed by atoms with Crippen molar-refractivity contribution >= 4 is 16.7 Å². The number of hydrogen-bond donors (Lipinski definition) is 2. The highest BCUT2D eigenvalue weighted by Crippen LogP contribution is 2.19. The van der Waals surface area contributed by atoms with Crippen molar-refractivity contribution in [2.45, 2.75) is 6.54 Å². The van der Waals surface area contributed by atoms with E-state index in [0.29, 0.717) is 5.56 Å². The topological polar surface area (TPSA) is 63.5 Å². The number of fused-ring (bicyclic) bond motifs is 1. The molecule has 20 heavy (non-hydrogen) atoms. The van der Waals surface area contributed by atoms with E-state index < -0.39 is 0 Å². The zero-order valence-corrected chi connectivity index (χ0v) is 10.9. The van der Waals surface area contributed by atoms with E-state index in [2.05, 4.69) is 27.9 Å². The molecule has 0 atom stereocenters. The van der Waals surface area contributed by atoms with Gasteiger partial charge in [0.25, 0.3) is 0 Å². The third-order valence-corrected chi connectivity index (χ3v) is 3.37. The first kappa shape index (κ1) is 12.3. The number of rotatable bonds is 3. The summed E-state index contributed by atoms with van der Waals surface area (Å²) in [4.78, 5) is 0. The molecule has 0 radical (unpaired) electrons. The lowest BCUT2D eigenvalue weighted by atomic mass is 10.1. The molecule has 3 rings (SSSR count). The van der Waals surface area contributed by atoms with Crippen molar-refractivity contribution in [3.63, 3.8) is 0 Å². The number of hydrogen-bond acceptors (Lipinski definition) is 2. The molecule has 100 valence electrons. The monoisotopic (exact) mass is 265 g/mol. The van der Waals surface area contributed by atoms with Crippen LogP contribution in [0, 0.1) is 0 Å². The van der Waals surface area contributed by atoms with Crippen LogP contribution in [0.4, 0.5) is 0 Å². The molecule has 0 aliphatic heterocycles. The van der Waals surface area contributed by atoms with Gasteiger partial charge in [-0.25, -0.2) is 0 Å². The van der Waals surface area contributed by atoms with Crippen LogP contribution in [0.3, 0.4) is 0 Å². The molecule has 1 heterocycles. The molecule has 0 bridgehead atoms. The number of benzene rings is 2. The Bertz CT molecular complexity index is 760. The van der Waals surface area contributed by atoms with Crippen molar-refractivity contribution in [3.05, 3.63) is 71.9 Å². The van der Waals surface area contributed by atoms with Gasteiger partial charge in [0.1, 0.15) is 0 Å². The maximum atomic E-state index is 8.77. The minimum atomic E-state index is 0.124. The zero-order chi connectivity index (χ0) is 13.9. The summed E-state index contributed by atoms with van der Waals surface area (Å²) in [5.41, 5.74) is 8.67. The minimum absolute atomic E-state index is 0.124. The van der Waals surface area contributed by atoms with Gasteiger partial charge in [0, 0.05) is 23.8 Å². The molecular weight excluding hydrogens is 250 g/mol. The summed E-state index contributed by atoms with van der Waals surface area (Å²) >= 11 is 0. The van der Waals surface area contributed by atoms with E-state index >= 15 is 0 Å². The maximum absolute atomic E-state index is 8.77. The second-order valence-corrected chi connectivity index (χ2v) is 4.69. The van der Waals surface area contributed by atoms with Crippen molar-refractivity contribution in [2.75, 3.05) is 0 Å².